The predicted octanol–water partition coefficient (Wildman–Crippen LogP) is 4.83. The molecule has 3 heteroatoms. The van der Waals surface area contributed by atoms with Crippen LogP contribution in [0.25, 0.3) is 22.5 Å². The zero-order chi connectivity index (χ0) is 16.4. The Kier molecular flexibility index (Phi) is 3.67. The molecule has 3 nitrogen and oxygen atoms in total. The highest BCUT2D eigenvalue weighted by Crippen LogP contribution is 2.29. The number of phenolic OH excluding ortho intramolecular Hbond substituents is 1. The second-order valence-corrected chi connectivity index (χ2v) is 5.67. The van der Waals surface area contributed by atoms with Gasteiger partial charge in [-0.15, -0.1) is 0 Å². The Labute approximate surface area is 140 Å². The number of benzene rings is 2. The summed E-state index contributed by atoms with van der Waals surface area (Å²) in [7, 11) is 0. The summed E-state index contributed by atoms with van der Waals surface area (Å²) in [4.78, 5) is 9.13. The molecule has 0 amide bonds. The molecule has 0 radical (unpaired) electrons. The van der Waals surface area contributed by atoms with Crippen molar-refractivity contribution in [1.29, 1.82) is 0 Å². The summed E-state index contributed by atoms with van der Waals surface area (Å²) in [6.07, 6.45) is 4.77. The molecule has 116 valence electrons. The smallest absolute Gasteiger partial charge is 0.124 e. The largest absolute Gasteiger partial charge is 0.507 e. The van der Waals surface area contributed by atoms with Crippen LogP contribution in [0.3, 0.4) is 0 Å². The van der Waals surface area contributed by atoms with Gasteiger partial charge in [-0.3, -0.25) is 4.99 Å². The average molecular weight is 312 g/mol. The van der Waals surface area contributed by atoms with Crippen molar-refractivity contribution in [3.63, 3.8) is 0 Å². The number of aromatic hydroxyl groups is 1. The monoisotopic (exact) mass is 312 g/mol. The van der Waals surface area contributed by atoms with Crippen molar-refractivity contribution in [2.45, 2.75) is 6.42 Å². The molecule has 2 heterocycles. The molecule has 0 bridgehead atoms. The molecule has 24 heavy (non-hydrogen) atoms. The molecule has 0 unspecified atom stereocenters. The standard InChI is InChI=1S/C21H16N2O/c24-21-12-2-1-8-17(21)20-10-4-9-19(23-20)16-7-3-6-15(14-16)18-11-5-13-22-18/h1-10,12-14,24H,11H2. The summed E-state index contributed by atoms with van der Waals surface area (Å²) < 4.78 is 0. The molecule has 1 N–H and O–H groups in total. The number of phenols is 1. The lowest BCUT2D eigenvalue weighted by Gasteiger charge is -2.08. The van der Waals surface area contributed by atoms with E-state index in [4.69, 9.17) is 4.98 Å². The fourth-order valence-corrected chi connectivity index (χ4v) is 2.85. The van der Waals surface area contributed by atoms with E-state index in [1.807, 2.05) is 54.7 Å². The molecule has 0 spiro atoms. The first-order valence-corrected chi connectivity index (χ1v) is 7.89. The van der Waals surface area contributed by atoms with E-state index < -0.39 is 0 Å². The Morgan fingerprint density at radius 2 is 1.58 bits per heavy atom. The summed E-state index contributed by atoms with van der Waals surface area (Å²) in [6, 6.07) is 21.4. The Bertz CT molecular complexity index is 957. The van der Waals surface area contributed by atoms with Gasteiger partial charge in [-0.1, -0.05) is 42.5 Å². The van der Waals surface area contributed by atoms with Crippen LogP contribution in [0.2, 0.25) is 0 Å². The minimum Gasteiger partial charge on any atom is -0.507 e. The lowest BCUT2D eigenvalue weighted by atomic mass is 10.0. The van der Waals surface area contributed by atoms with Crippen molar-refractivity contribution < 1.29 is 5.11 Å². The normalized spacial score (nSPS) is 13.1. The van der Waals surface area contributed by atoms with Crippen LogP contribution in [0.15, 0.2) is 84.0 Å². The molecule has 0 saturated heterocycles. The second-order valence-electron chi connectivity index (χ2n) is 5.67. The van der Waals surface area contributed by atoms with Crippen LogP contribution in [-0.4, -0.2) is 15.8 Å². The van der Waals surface area contributed by atoms with Crippen LogP contribution < -0.4 is 0 Å². The number of nitrogens with zero attached hydrogens (tertiary/aromatic N) is 2. The van der Waals surface area contributed by atoms with Crippen molar-refractivity contribution in [2.24, 2.45) is 4.99 Å². The minimum atomic E-state index is 0.238. The van der Waals surface area contributed by atoms with Gasteiger partial charge in [-0.2, -0.15) is 0 Å². The maximum atomic E-state index is 10.1. The van der Waals surface area contributed by atoms with E-state index >= 15 is 0 Å². The maximum absolute atomic E-state index is 10.1. The zero-order valence-electron chi connectivity index (χ0n) is 13.1. The van der Waals surface area contributed by atoms with Crippen molar-refractivity contribution in [3.05, 3.63) is 84.6 Å². The van der Waals surface area contributed by atoms with Gasteiger partial charge in [0.1, 0.15) is 5.75 Å². The fraction of sp³-hybridized carbons (Fsp3) is 0.0476. The zero-order valence-corrected chi connectivity index (χ0v) is 13.1. The maximum Gasteiger partial charge on any atom is 0.124 e. The Balaban J connectivity index is 1.74. The lowest BCUT2D eigenvalue weighted by Crippen LogP contribution is -1.97. The van der Waals surface area contributed by atoms with Gasteiger partial charge in [-0.05, 0) is 35.9 Å². The fourth-order valence-electron chi connectivity index (χ4n) is 2.85. The highest BCUT2D eigenvalue weighted by Gasteiger charge is 2.09. The summed E-state index contributed by atoms with van der Waals surface area (Å²) in [6.45, 7) is 0. The van der Waals surface area contributed by atoms with Gasteiger partial charge < -0.3 is 5.11 Å². The molecule has 1 aromatic heterocycles. The summed E-state index contributed by atoms with van der Waals surface area (Å²) >= 11 is 0. The highest BCUT2D eigenvalue weighted by molar-refractivity contribution is 6.03. The molecule has 1 aliphatic rings. The Morgan fingerprint density at radius 1 is 0.792 bits per heavy atom. The van der Waals surface area contributed by atoms with Gasteiger partial charge >= 0.3 is 0 Å². The van der Waals surface area contributed by atoms with E-state index in [2.05, 4.69) is 23.2 Å². The first-order valence-electron chi connectivity index (χ1n) is 7.89. The minimum absolute atomic E-state index is 0.238. The molecule has 4 rings (SSSR count). The van der Waals surface area contributed by atoms with Crippen molar-refractivity contribution >= 4 is 5.71 Å². The molecule has 0 saturated carbocycles. The van der Waals surface area contributed by atoms with Crippen LogP contribution in [-0.2, 0) is 0 Å². The number of hydrogen-bond donors (Lipinski definition) is 1. The van der Waals surface area contributed by atoms with Gasteiger partial charge in [0, 0.05) is 23.7 Å². The molecular formula is C21H16N2O. The van der Waals surface area contributed by atoms with Crippen LogP contribution in [0.1, 0.15) is 12.0 Å². The molecule has 0 aliphatic carbocycles. The van der Waals surface area contributed by atoms with Gasteiger partial charge in [0.15, 0.2) is 0 Å². The third-order valence-electron chi connectivity index (χ3n) is 4.07. The van der Waals surface area contributed by atoms with E-state index in [-0.39, 0.29) is 5.75 Å². The van der Waals surface area contributed by atoms with Crippen molar-refractivity contribution in [3.8, 4) is 28.3 Å². The van der Waals surface area contributed by atoms with Gasteiger partial charge in [0.2, 0.25) is 0 Å². The van der Waals surface area contributed by atoms with Crippen molar-refractivity contribution in [2.75, 3.05) is 0 Å². The first kappa shape index (κ1) is 14.4. The third kappa shape index (κ3) is 2.72. The van der Waals surface area contributed by atoms with Crippen LogP contribution in [0.5, 0.6) is 5.75 Å². The van der Waals surface area contributed by atoms with Gasteiger partial charge in [0.05, 0.1) is 17.1 Å². The molecule has 0 atom stereocenters. The third-order valence-corrected chi connectivity index (χ3v) is 4.07. The van der Waals surface area contributed by atoms with E-state index in [1.165, 1.54) is 0 Å². The topological polar surface area (TPSA) is 45.5 Å². The second kappa shape index (κ2) is 6.13. The summed E-state index contributed by atoms with van der Waals surface area (Å²) in [5.41, 5.74) is 5.61. The molecule has 3 aromatic rings. The van der Waals surface area contributed by atoms with E-state index in [9.17, 15) is 5.11 Å². The van der Waals surface area contributed by atoms with E-state index in [0.29, 0.717) is 0 Å². The summed E-state index contributed by atoms with van der Waals surface area (Å²) in [5, 5.41) is 10.1. The molecular weight excluding hydrogens is 296 g/mol. The van der Waals surface area contributed by atoms with Crippen molar-refractivity contribution in [1.82, 2.24) is 4.98 Å². The number of pyridine rings is 1. The number of allylic oxidation sites excluding steroid dienone is 1. The number of para-hydroxylation sites is 1. The Morgan fingerprint density at radius 3 is 2.42 bits per heavy atom. The average Bonchev–Trinajstić information content (AvgIpc) is 3.17. The van der Waals surface area contributed by atoms with E-state index in [1.54, 1.807) is 6.07 Å². The van der Waals surface area contributed by atoms with Gasteiger partial charge in [0.25, 0.3) is 0 Å². The molecule has 0 fully saturated rings. The van der Waals surface area contributed by atoms with Crippen LogP contribution in [0.4, 0.5) is 0 Å². The quantitative estimate of drug-likeness (QED) is 0.753. The first-order chi connectivity index (χ1) is 11.8. The summed E-state index contributed by atoms with van der Waals surface area (Å²) in [5.74, 6) is 0.238. The lowest BCUT2D eigenvalue weighted by molar-refractivity contribution is 0.477. The number of aliphatic imine (C=N–C) groups is 1. The van der Waals surface area contributed by atoms with Gasteiger partial charge in [-0.25, -0.2) is 4.98 Å². The molecule has 2 aromatic carbocycles. The van der Waals surface area contributed by atoms with E-state index in [0.717, 1.165) is 40.2 Å². The number of rotatable bonds is 3. The number of hydrogen-bond acceptors (Lipinski definition) is 3. The molecule has 1 aliphatic heterocycles. The number of aromatic nitrogens is 1. The SMILES string of the molecule is Oc1ccccc1-c1cccc(-c2cccc(C3=NC=CC3)c2)n1. The Hall–Kier alpha value is -3.20. The van der Waals surface area contributed by atoms with Crippen LogP contribution in [0, 0.1) is 0 Å². The highest BCUT2D eigenvalue weighted by atomic mass is 16.3. The predicted molar refractivity (Wildman–Crippen MR) is 97.1 cm³/mol. The van der Waals surface area contributed by atoms with Crippen LogP contribution >= 0.6 is 0 Å².